The van der Waals surface area contributed by atoms with Crippen LogP contribution >= 0.6 is 0 Å². The molecule has 13 heteroatoms. The molecule has 0 aliphatic rings. The average molecular weight is 621 g/mol. The van der Waals surface area contributed by atoms with E-state index < -0.39 is 0 Å². The first-order valence-electron chi connectivity index (χ1n) is 15.1. The van der Waals surface area contributed by atoms with Gasteiger partial charge >= 0.3 is 0 Å². The van der Waals surface area contributed by atoms with Gasteiger partial charge in [-0.25, -0.2) is 0 Å². The molecule has 0 radical (unpaired) electrons. The van der Waals surface area contributed by atoms with Crippen molar-refractivity contribution in [2.24, 2.45) is 0 Å². The first kappa shape index (κ1) is 39.4. The number of likely N-dealkylation sites (N-methyl/N-ethyl adjacent to an activating group) is 1. The van der Waals surface area contributed by atoms with E-state index in [9.17, 15) is 0 Å². The van der Waals surface area contributed by atoms with Gasteiger partial charge in [0.25, 0.3) is 0 Å². The second-order valence-corrected chi connectivity index (χ2v) is 9.31. The monoisotopic (exact) mass is 620 g/mol. The number of hydrogen-bond donors (Lipinski definition) is 1. The second-order valence-electron chi connectivity index (χ2n) is 9.31. The fraction of sp³-hybridized carbons (Fsp3) is 0.800. The van der Waals surface area contributed by atoms with Crippen molar-refractivity contribution >= 4 is 5.69 Å². The Kier molecular flexibility index (Phi) is 29.1. The van der Waals surface area contributed by atoms with E-state index in [-0.39, 0.29) is 0 Å². The van der Waals surface area contributed by atoms with Crippen LogP contribution in [0.1, 0.15) is 0 Å². The molecule has 0 unspecified atom stereocenters. The summed E-state index contributed by atoms with van der Waals surface area (Å²) in [5.74, 6) is 0.670. The van der Waals surface area contributed by atoms with Crippen LogP contribution in [0, 0.1) is 0 Å². The molecule has 0 aliphatic heterocycles. The minimum absolute atomic E-state index is 0.440. The number of rotatable bonds is 34. The van der Waals surface area contributed by atoms with Gasteiger partial charge in [-0.15, -0.1) is 0 Å². The van der Waals surface area contributed by atoms with Gasteiger partial charge in [-0.1, -0.05) is 12.1 Å². The first-order chi connectivity index (χ1) is 21.2. The van der Waals surface area contributed by atoms with E-state index in [2.05, 4.69) is 4.90 Å². The van der Waals surface area contributed by atoms with E-state index in [1.54, 1.807) is 6.07 Å². The van der Waals surface area contributed by atoms with Gasteiger partial charge in [0.1, 0.15) is 12.4 Å². The molecule has 0 aliphatic carbocycles. The van der Waals surface area contributed by atoms with Crippen LogP contribution in [0.2, 0.25) is 0 Å². The van der Waals surface area contributed by atoms with Gasteiger partial charge in [-0.2, -0.15) is 0 Å². The molecule has 13 nitrogen and oxygen atoms in total. The van der Waals surface area contributed by atoms with Gasteiger partial charge in [-0.3, -0.25) is 0 Å². The number of para-hydroxylation sites is 2. The summed E-state index contributed by atoms with van der Waals surface area (Å²) in [5.41, 5.74) is 6.43. The highest BCUT2D eigenvalue weighted by Crippen LogP contribution is 2.19. The summed E-state index contributed by atoms with van der Waals surface area (Å²) >= 11 is 0. The highest BCUT2D eigenvalue weighted by atomic mass is 16.6. The Morgan fingerprint density at radius 1 is 0.419 bits per heavy atom. The molecule has 0 atom stereocenters. The number of ether oxygens (including phenoxy) is 11. The van der Waals surface area contributed by atoms with Crippen molar-refractivity contribution < 1.29 is 52.1 Å². The van der Waals surface area contributed by atoms with Gasteiger partial charge in [0.05, 0.1) is 138 Å². The van der Waals surface area contributed by atoms with Gasteiger partial charge in [0.15, 0.2) is 0 Å². The summed E-state index contributed by atoms with van der Waals surface area (Å²) in [7, 11) is 4.04. The summed E-state index contributed by atoms with van der Waals surface area (Å²) in [6, 6.07) is 7.38. The second kappa shape index (κ2) is 31.8. The van der Waals surface area contributed by atoms with Crippen LogP contribution in [-0.4, -0.2) is 164 Å². The molecule has 0 fully saturated rings. The fourth-order valence-electron chi connectivity index (χ4n) is 3.15. The summed E-state index contributed by atoms with van der Waals surface area (Å²) in [6.45, 7) is 12.0. The number of hydrogen-bond acceptors (Lipinski definition) is 13. The topological polar surface area (TPSA) is 131 Å². The smallest absolute Gasteiger partial charge is 0.142 e. The predicted octanol–water partition coefficient (Wildman–Crippen LogP) is 1.38. The Morgan fingerprint density at radius 3 is 1.00 bits per heavy atom. The van der Waals surface area contributed by atoms with E-state index >= 15 is 0 Å². The lowest BCUT2D eigenvalue weighted by Gasteiger charge is -2.10. The van der Waals surface area contributed by atoms with Crippen LogP contribution in [-0.2, 0) is 47.4 Å². The van der Waals surface area contributed by atoms with Crippen molar-refractivity contribution in [2.45, 2.75) is 0 Å². The lowest BCUT2D eigenvalue weighted by molar-refractivity contribution is -0.0268. The van der Waals surface area contributed by atoms with Gasteiger partial charge in [0.2, 0.25) is 0 Å². The van der Waals surface area contributed by atoms with Gasteiger partial charge in [-0.05, 0) is 26.2 Å². The molecular formula is C30H56N2O11. The number of nitrogen functional groups attached to an aromatic ring is 1. The number of benzene rings is 1. The zero-order valence-corrected chi connectivity index (χ0v) is 26.4. The summed E-state index contributed by atoms with van der Waals surface area (Å²) in [5, 5.41) is 0. The highest BCUT2D eigenvalue weighted by Gasteiger charge is 1.99. The maximum Gasteiger partial charge on any atom is 0.142 e. The zero-order chi connectivity index (χ0) is 30.9. The molecule has 0 saturated carbocycles. The summed E-state index contributed by atoms with van der Waals surface area (Å²) in [4.78, 5) is 2.08. The zero-order valence-electron chi connectivity index (χ0n) is 26.4. The van der Waals surface area contributed by atoms with Crippen molar-refractivity contribution in [1.29, 1.82) is 0 Å². The van der Waals surface area contributed by atoms with Crippen LogP contribution in [0.5, 0.6) is 5.75 Å². The van der Waals surface area contributed by atoms with Crippen molar-refractivity contribution in [1.82, 2.24) is 4.90 Å². The molecule has 0 bridgehead atoms. The lowest BCUT2D eigenvalue weighted by Crippen LogP contribution is -2.19. The Balaban J connectivity index is 1.63. The third-order valence-corrected chi connectivity index (χ3v) is 5.44. The van der Waals surface area contributed by atoms with E-state index in [0.717, 1.165) is 6.54 Å². The highest BCUT2D eigenvalue weighted by molar-refractivity contribution is 5.51. The Bertz CT molecular complexity index is 704. The van der Waals surface area contributed by atoms with Crippen LogP contribution in [0.4, 0.5) is 5.69 Å². The van der Waals surface area contributed by atoms with E-state index in [1.165, 1.54) is 0 Å². The molecule has 0 saturated heterocycles. The van der Waals surface area contributed by atoms with Crippen LogP contribution in [0.15, 0.2) is 24.3 Å². The third-order valence-electron chi connectivity index (χ3n) is 5.44. The molecule has 2 N–H and O–H groups in total. The van der Waals surface area contributed by atoms with Crippen molar-refractivity contribution in [2.75, 3.05) is 165 Å². The molecule has 252 valence electrons. The Morgan fingerprint density at radius 2 is 0.698 bits per heavy atom. The molecule has 0 heterocycles. The quantitative estimate of drug-likeness (QED) is 0.0880. The molecule has 0 amide bonds. The number of anilines is 1. The van der Waals surface area contributed by atoms with E-state index in [0.29, 0.717) is 150 Å². The summed E-state index contributed by atoms with van der Waals surface area (Å²) in [6.07, 6.45) is 0. The largest absolute Gasteiger partial charge is 0.489 e. The van der Waals surface area contributed by atoms with Crippen LogP contribution in [0.3, 0.4) is 0 Å². The van der Waals surface area contributed by atoms with Crippen molar-refractivity contribution in [3.8, 4) is 5.75 Å². The predicted molar refractivity (Wildman–Crippen MR) is 163 cm³/mol. The molecule has 0 spiro atoms. The van der Waals surface area contributed by atoms with E-state index in [4.69, 9.17) is 57.8 Å². The number of nitrogens with two attached hydrogens (primary N) is 1. The third kappa shape index (κ3) is 28.9. The fourth-order valence-corrected chi connectivity index (χ4v) is 3.15. The lowest BCUT2D eigenvalue weighted by atomic mass is 10.3. The minimum atomic E-state index is 0.440. The molecule has 43 heavy (non-hydrogen) atoms. The first-order valence-corrected chi connectivity index (χ1v) is 15.1. The van der Waals surface area contributed by atoms with Crippen LogP contribution in [0.25, 0.3) is 0 Å². The van der Waals surface area contributed by atoms with Crippen molar-refractivity contribution in [3.05, 3.63) is 24.3 Å². The molecular weight excluding hydrogens is 564 g/mol. The average Bonchev–Trinajstić information content (AvgIpc) is 3.00. The Hall–Kier alpha value is -1.62. The molecule has 1 rings (SSSR count). The molecule has 1 aromatic carbocycles. The molecule has 0 aromatic heterocycles. The van der Waals surface area contributed by atoms with Gasteiger partial charge < -0.3 is 62.7 Å². The standard InChI is InChI=1S/C30H56N2O11/c1-32(2)7-8-33-9-10-34-11-12-35-13-14-36-15-16-37-17-18-38-19-20-39-21-22-40-23-24-41-25-26-42-27-28-43-30-6-4-3-5-29(30)31/h3-6H,7-28,31H2,1-2H3. The minimum Gasteiger partial charge on any atom is -0.489 e. The van der Waals surface area contributed by atoms with Crippen molar-refractivity contribution in [3.63, 3.8) is 0 Å². The van der Waals surface area contributed by atoms with E-state index in [1.807, 2.05) is 32.3 Å². The Labute approximate surface area is 258 Å². The maximum absolute atomic E-state index is 5.82. The van der Waals surface area contributed by atoms with Gasteiger partial charge in [0, 0.05) is 6.54 Å². The van der Waals surface area contributed by atoms with Crippen LogP contribution < -0.4 is 10.5 Å². The summed E-state index contributed by atoms with van der Waals surface area (Å²) < 4.78 is 60.2. The molecule has 1 aromatic rings. The SMILES string of the molecule is CN(C)CCOCCOCCOCCOCCOCCOCCOCCOCCOCCOCCOc1ccccc1N. The maximum atomic E-state index is 5.82. The normalized spacial score (nSPS) is 11.5. The number of nitrogens with zero attached hydrogens (tertiary/aromatic N) is 1.